The molecular weight excluding hydrogens is 192 g/mol. The molecule has 1 aliphatic rings. The topological polar surface area (TPSA) is 50.4 Å². The summed E-state index contributed by atoms with van der Waals surface area (Å²) in [5, 5.41) is 5.93. The summed E-state index contributed by atoms with van der Waals surface area (Å²) in [6, 6.07) is 0.205. The van der Waals surface area contributed by atoms with Gasteiger partial charge in [-0.15, -0.1) is 0 Å². The minimum Gasteiger partial charge on any atom is -0.377 e. The van der Waals surface area contributed by atoms with Crippen LogP contribution >= 0.6 is 0 Å². The molecule has 0 atom stereocenters. The minimum atomic E-state index is 0.0438. The van der Waals surface area contributed by atoms with Crippen LogP contribution in [0.3, 0.4) is 0 Å². The SMILES string of the molecule is CC(C)NC(=O)CNCC1=CCCOC1. The van der Waals surface area contributed by atoms with Crippen molar-refractivity contribution in [2.75, 3.05) is 26.3 Å². The van der Waals surface area contributed by atoms with Crippen LogP contribution in [0.2, 0.25) is 0 Å². The predicted octanol–water partition coefficient (Wildman–Crippen LogP) is 0.447. The molecule has 4 heteroatoms. The largest absolute Gasteiger partial charge is 0.377 e. The first-order valence-corrected chi connectivity index (χ1v) is 5.44. The van der Waals surface area contributed by atoms with Crippen LogP contribution in [-0.2, 0) is 9.53 Å². The molecule has 0 unspecified atom stereocenters. The summed E-state index contributed by atoms with van der Waals surface area (Å²) < 4.78 is 5.30. The Kier molecular flexibility index (Phi) is 5.36. The quantitative estimate of drug-likeness (QED) is 0.650. The van der Waals surface area contributed by atoms with Gasteiger partial charge in [-0.2, -0.15) is 0 Å². The van der Waals surface area contributed by atoms with E-state index in [9.17, 15) is 4.79 Å². The molecule has 0 aromatic carbocycles. The first-order valence-electron chi connectivity index (χ1n) is 5.44. The van der Waals surface area contributed by atoms with Gasteiger partial charge in [0.1, 0.15) is 0 Å². The highest BCUT2D eigenvalue weighted by Crippen LogP contribution is 2.03. The summed E-state index contributed by atoms with van der Waals surface area (Å²) in [5.74, 6) is 0.0438. The molecule has 0 saturated carbocycles. The number of carbonyl (C=O) groups excluding carboxylic acids is 1. The number of hydrogen-bond acceptors (Lipinski definition) is 3. The van der Waals surface area contributed by atoms with E-state index >= 15 is 0 Å². The van der Waals surface area contributed by atoms with E-state index in [4.69, 9.17) is 4.74 Å². The fourth-order valence-electron chi connectivity index (χ4n) is 1.44. The molecule has 0 aromatic rings. The molecule has 1 amide bonds. The van der Waals surface area contributed by atoms with Crippen LogP contribution in [-0.4, -0.2) is 38.3 Å². The Morgan fingerprint density at radius 1 is 1.60 bits per heavy atom. The van der Waals surface area contributed by atoms with Crippen molar-refractivity contribution in [3.8, 4) is 0 Å². The highest BCUT2D eigenvalue weighted by atomic mass is 16.5. The maximum atomic E-state index is 11.3. The first kappa shape index (κ1) is 12.2. The Balaban J connectivity index is 2.10. The van der Waals surface area contributed by atoms with Gasteiger partial charge in [0, 0.05) is 12.6 Å². The van der Waals surface area contributed by atoms with Gasteiger partial charge in [0.25, 0.3) is 0 Å². The van der Waals surface area contributed by atoms with Gasteiger partial charge in [0.15, 0.2) is 0 Å². The van der Waals surface area contributed by atoms with Crippen LogP contribution < -0.4 is 10.6 Å². The zero-order valence-corrected chi connectivity index (χ0v) is 9.51. The molecule has 86 valence electrons. The van der Waals surface area contributed by atoms with E-state index in [1.54, 1.807) is 0 Å². The van der Waals surface area contributed by atoms with Crippen LogP contribution in [0.15, 0.2) is 11.6 Å². The van der Waals surface area contributed by atoms with Crippen molar-refractivity contribution in [2.24, 2.45) is 0 Å². The van der Waals surface area contributed by atoms with Gasteiger partial charge < -0.3 is 15.4 Å². The Hall–Kier alpha value is -0.870. The second-order valence-corrected chi connectivity index (χ2v) is 4.03. The molecule has 15 heavy (non-hydrogen) atoms. The van der Waals surface area contributed by atoms with Crippen molar-refractivity contribution in [3.63, 3.8) is 0 Å². The lowest BCUT2D eigenvalue weighted by atomic mass is 10.2. The highest BCUT2D eigenvalue weighted by molar-refractivity contribution is 5.78. The van der Waals surface area contributed by atoms with E-state index < -0.39 is 0 Å². The molecule has 0 fully saturated rings. The average molecular weight is 212 g/mol. The number of amides is 1. The molecule has 0 saturated heterocycles. The van der Waals surface area contributed by atoms with Crippen molar-refractivity contribution in [3.05, 3.63) is 11.6 Å². The summed E-state index contributed by atoms with van der Waals surface area (Å²) in [6.45, 7) is 6.53. The summed E-state index contributed by atoms with van der Waals surface area (Å²) in [7, 11) is 0. The van der Waals surface area contributed by atoms with Crippen molar-refractivity contribution in [1.82, 2.24) is 10.6 Å². The van der Waals surface area contributed by atoms with Crippen molar-refractivity contribution < 1.29 is 9.53 Å². The minimum absolute atomic E-state index is 0.0438. The van der Waals surface area contributed by atoms with Gasteiger partial charge in [-0.05, 0) is 25.8 Å². The van der Waals surface area contributed by atoms with E-state index in [0.29, 0.717) is 13.2 Å². The molecule has 1 rings (SSSR count). The highest BCUT2D eigenvalue weighted by Gasteiger charge is 2.05. The molecule has 0 aliphatic carbocycles. The third-order valence-electron chi connectivity index (χ3n) is 2.07. The normalized spacial score (nSPS) is 16.3. The van der Waals surface area contributed by atoms with Crippen molar-refractivity contribution >= 4 is 5.91 Å². The average Bonchev–Trinajstić information content (AvgIpc) is 2.18. The monoisotopic (exact) mass is 212 g/mol. The van der Waals surface area contributed by atoms with Crippen LogP contribution in [0.5, 0.6) is 0 Å². The van der Waals surface area contributed by atoms with Crippen molar-refractivity contribution in [1.29, 1.82) is 0 Å². The predicted molar refractivity (Wildman–Crippen MR) is 59.7 cm³/mol. The summed E-state index contributed by atoms with van der Waals surface area (Å²) >= 11 is 0. The second-order valence-electron chi connectivity index (χ2n) is 4.03. The molecule has 2 N–H and O–H groups in total. The molecule has 0 spiro atoms. The Morgan fingerprint density at radius 2 is 2.40 bits per heavy atom. The van der Waals surface area contributed by atoms with Crippen LogP contribution in [0.25, 0.3) is 0 Å². The van der Waals surface area contributed by atoms with E-state index in [1.807, 2.05) is 13.8 Å². The van der Waals surface area contributed by atoms with Gasteiger partial charge >= 0.3 is 0 Å². The zero-order valence-electron chi connectivity index (χ0n) is 9.51. The van der Waals surface area contributed by atoms with Gasteiger partial charge in [-0.25, -0.2) is 0 Å². The molecule has 0 bridgehead atoms. The molecule has 4 nitrogen and oxygen atoms in total. The van der Waals surface area contributed by atoms with Gasteiger partial charge in [-0.3, -0.25) is 4.79 Å². The third kappa shape index (κ3) is 5.54. The summed E-state index contributed by atoms with van der Waals surface area (Å²) in [5.41, 5.74) is 1.23. The maximum Gasteiger partial charge on any atom is 0.234 e. The smallest absolute Gasteiger partial charge is 0.234 e. The molecule has 1 aliphatic heterocycles. The Bertz CT molecular complexity index is 237. The van der Waals surface area contributed by atoms with E-state index in [2.05, 4.69) is 16.7 Å². The standard InChI is InChI=1S/C11H20N2O2/c1-9(2)13-11(14)7-12-6-10-4-3-5-15-8-10/h4,9,12H,3,5-8H2,1-2H3,(H,13,14). The number of ether oxygens (including phenoxy) is 1. The first-order chi connectivity index (χ1) is 7.18. The molecule has 0 aromatic heterocycles. The Morgan fingerprint density at radius 3 is 3.00 bits per heavy atom. The number of carbonyl (C=O) groups is 1. The van der Waals surface area contributed by atoms with E-state index in [-0.39, 0.29) is 11.9 Å². The summed E-state index contributed by atoms with van der Waals surface area (Å²) in [4.78, 5) is 11.3. The fourth-order valence-corrected chi connectivity index (χ4v) is 1.44. The Labute approximate surface area is 91.1 Å². The van der Waals surface area contributed by atoms with E-state index in [0.717, 1.165) is 19.6 Å². The van der Waals surface area contributed by atoms with Gasteiger partial charge in [-0.1, -0.05) is 6.08 Å². The van der Waals surface area contributed by atoms with Gasteiger partial charge in [0.2, 0.25) is 5.91 Å². The number of nitrogens with one attached hydrogen (secondary N) is 2. The number of rotatable bonds is 5. The van der Waals surface area contributed by atoms with Crippen LogP contribution in [0.4, 0.5) is 0 Å². The molecular formula is C11H20N2O2. The van der Waals surface area contributed by atoms with Crippen molar-refractivity contribution in [2.45, 2.75) is 26.3 Å². The summed E-state index contributed by atoms with van der Waals surface area (Å²) in [6.07, 6.45) is 3.16. The van der Waals surface area contributed by atoms with E-state index in [1.165, 1.54) is 5.57 Å². The third-order valence-corrected chi connectivity index (χ3v) is 2.07. The van der Waals surface area contributed by atoms with Gasteiger partial charge in [0.05, 0.1) is 19.8 Å². The lowest BCUT2D eigenvalue weighted by molar-refractivity contribution is -0.120. The van der Waals surface area contributed by atoms with Crippen LogP contribution in [0, 0.1) is 0 Å². The fraction of sp³-hybridized carbons (Fsp3) is 0.727. The lowest BCUT2D eigenvalue weighted by Crippen LogP contribution is -2.38. The molecule has 0 radical (unpaired) electrons. The number of hydrogen-bond donors (Lipinski definition) is 2. The zero-order chi connectivity index (χ0) is 11.1. The lowest BCUT2D eigenvalue weighted by Gasteiger charge is -2.14. The maximum absolute atomic E-state index is 11.3. The second kappa shape index (κ2) is 6.58. The molecule has 1 heterocycles. The van der Waals surface area contributed by atoms with Crippen LogP contribution in [0.1, 0.15) is 20.3 Å².